The number of carbonyl (C=O) groups excluding carboxylic acids is 1. The normalized spacial score (nSPS) is 17.2. The Morgan fingerprint density at radius 2 is 1.80 bits per heavy atom. The number of amides is 2. The van der Waals surface area contributed by atoms with Crippen molar-refractivity contribution in [2.24, 2.45) is 0 Å². The van der Waals surface area contributed by atoms with E-state index < -0.39 is 17.5 Å². The van der Waals surface area contributed by atoms with Crippen LogP contribution in [0.15, 0.2) is 24.3 Å². The van der Waals surface area contributed by atoms with Crippen LogP contribution in [0.4, 0.5) is 10.5 Å². The average molecular weight is 299 g/mol. The van der Waals surface area contributed by atoms with Gasteiger partial charge in [-0.2, -0.15) is 0 Å². The molecule has 108 valence electrons. The van der Waals surface area contributed by atoms with Gasteiger partial charge in [-0.3, -0.25) is 0 Å². The first-order chi connectivity index (χ1) is 9.52. The lowest BCUT2D eigenvalue weighted by Gasteiger charge is -2.33. The second kappa shape index (κ2) is 6.11. The zero-order valence-electron chi connectivity index (χ0n) is 10.7. The van der Waals surface area contributed by atoms with Gasteiger partial charge in [-0.05, 0) is 24.3 Å². The lowest BCUT2D eigenvalue weighted by atomic mass is 9.90. The number of benzene rings is 1. The van der Waals surface area contributed by atoms with Crippen LogP contribution in [0.3, 0.4) is 0 Å². The molecule has 2 rings (SSSR count). The van der Waals surface area contributed by atoms with E-state index in [0.29, 0.717) is 23.9 Å². The molecule has 6 nitrogen and oxygen atoms in total. The van der Waals surface area contributed by atoms with E-state index in [0.717, 1.165) is 0 Å². The summed E-state index contributed by atoms with van der Waals surface area (Å²) >= 11 is 5.75. The minimum Gasteiger partial charge on any atom is -0.480 e. The fraction of sp³-hybridized carbons (Fsp3) is 0.385. The van der Waals surface area contributed by atoms with Gasteiger partial charge in [0.2, 0.25) is 0 Å². The molecule has 1 heterocycles. The maximum atomic E-state index is 11.9. The predicted octanol–water partition coefficient (Wildman–Crippen LogP) is 2.10. The first kappa shape index (κ1) is 14.6. The molecule has 1 aliphatic heterocycles. The molecule has 0 aliphatic carbocycles. The quantitative estimate of drug-likeness (QED) is 0.797. The first-order valence-corrected chi connectivity index (χ1v) is 6.55. The Bertz CT molecular complexity index is 498. The van der Waals surface area contributed by atoms with Crippen molar-refractivity contribution in [2.45, 2.75) is 18.4 Å². The van der Waals surface area contributed by atoms with Crippen LogP contribution in [0.25, 0.3) is 0 Å². The predicted molar refractivity (Wildman–Crippen MR) is 74.0 cm³/mol. The second-order valence-electron chi connectivity index (χ2n) is 4.59. The summed E-state index contributed by atoms with van der Waals surface area (Å²) < 4.78 is 5.14. The number of carbonyl (C=O) groups is 2. The van der Waals surface area contributed by atoms with Crippen LogP contribution in [0.2, 0.25) is 5.02 Å². The van der Waals surface area contributed by atoms with Gasteiger partial charge in [-0.15, -0.1) is 0 Å². The molecule has 1 aliphatic rings. The average Bonchev–Trinajstić information content (AvgIpc) is 2.42. The number of nitrogens with one attached hydrogen (secondary N) is 2. The molecule has 0 unspecified atom stereocenters. The number of carboxylic acids is 1. The molecule has 1 saturated heterocycles. The summed E-state index contributed by atoms with van der Waals surface area (Å²) in [5.41, 5.74) is -0.728. The number of aliphatic carboxylic acids is 1. The van der Waals surface area contributed by atoms with Crippen molar-refractivity contribution in [1.29, 1.82) is 0 Å². The maximum absolute atomic E-state index is 11.9. The topological polar surface area (TPSA) is 87.7 Å². The van der Waals surface area contributed by atoms with E-state index in [1.165, 1.54) is 0 Å². The highest BCUT2D eigenvalue weighted by atomic mass is 35.5. The third-order valence-electron chi connectivity index (χ3n) is 3.21. The third kappa shape index (κ3) is 3.40. The summed E-state index contributed by atoms with van der Waals surface area (Å²) in [5, 5.41) is 15.0. The summed E-state index contributed by atoms with van der Waals surface area (Å²) in [4.78, 5) is 23.3. The second-order valence-corrected chi connectivity index (χ2v) is 5.02. The zero-order valence-corrected chi connectivity index (χ0v) is 11.4. The number of hydrogen-bond donors (Lipinski definition) is 3. The number of rotatable bonds is 3. The van der Waals surface area contributed by atoms with Crippen LogP contribution in [0, 0.1) is 0 Å². The van der Waals surface area contributed by atoms with Gasteiger partial charge in [0.15, 0.2) is 0 Å². The molecular formula is C13H15ClN2O4. The summed E-state index contributed by atoms with van der Waals surface area (Å²) in [6.07, 6.45) is 0.493. The van der Waals surface area contributed by atoms with Gasteiger partial charge >= 0.3 is 12.0 Å². The number of ether oxygens (including phenoxy) is 1. The van der Waals surface area contributed by atoms with Gasteiger partial charge < -0.3 is 20.5 Å². The number of anilines is 1. The van der Waals surface area contributed by atoms with Crippen LogP contribution >= 0.6 is 11.6 Å². The highest BCUT2D eigenvalue weighted by Crippen LogP contribution is 2.21. The van der Waals surface area contributed by atoms with E-state index in [1.807, 2.05) is 0 Å². The molecule has 0 spiro atoms. The molecule has 7 heteroatoms. The van der Waals surface area contributed by atoms with E-state index in [-0.39, 0.29) is 12.8 Å². The highest BCUT2D eigenvalue weighted by Gasteiger charge is 2.41. The summed E-state index contributed by atoms with van der Waals surface area (Å²) in [6.45, 7) is 0.626. The smallest absolute Gasteiger partial charge is 0.329 e. The molecule has 2 amide bonds. The fourth-order valence-electron chi connectivity index (χ4n) is 2.03. The summed E-state index contributed by atoms with van der Waals surface area (Å²) in [7, 11) is 0. The van der Waals surface area contributed by atoms with Crippen molar-refractivity contribution in [2.75, 3.05) is 18.5 Å². The number of carboxylic acid groups (broad SMARTS) is 1. The van der Waals surface area contributed by atoms with Gasteiger partial charge in [0.25, 0.3) is 0 Å². The van der Waals surface area contributed by atoms with Crippen LogP contribution in [-0.4, -0.2) is 35.9 Å². The highest BCUT2D eigenvalue weighted by molar-refractivity contribution is 6.30. The molecule has 1 fully saturated rings. The Balaban J connectivity index is 2.01. The van der Waals surface area contributed by atoms with Crippen LogP contribution in [-0.2, 0) is 9.53 Å². The molecule has 0 saturated carbocycles. The number of hydrogen-bond acceptors (Lipinski definition) is 3. The van der Waals surface area contributed by atoms with Crippen molar-refractivity contribution in [3.05, 3.63) is 29.3 Å². The largest absolute Gasteiger partial charge is 0.480 e. The molecule has 1 aromatic rings. The van der Waals surface area contributed by atoms with Crippen LogP contribution in [0.5, 0.6) is 0 Å². The summed E-state index contributed by atoms with van der Waals surface area (Å²) in [6, 6.07) is 5.99. The van der Waals surface area contributed by atoms with Gasteiger partial charge in [0.1, 0.15) is 5.54 Å². The lowest BCUT2D eigenvalue weighted by molar-refractivity contribution is -0.148. The van der Waals surface area contributed by atoms with Crippen molar-refractivity contribution in [3.8, 4) is 0 Å². The molecule has 1 aromatic carbocycles. The van der Waals surface area contributed by atoms with E-state index in [2.05, 4.69) is 10.6 Å². The third-order valence-corrected chi connectivity index (χ3v) is 3.46. The molecule has 20 heavy (non-hydrogen) atoms. The maximum Gasteiger partial charge on any atom is 0.329 e. The summed E-state index contributed by atoms with van der Waals surface area (Å²) in [5.74, 6) is -1.05. The van der Waals surface area contributed by atoms with E-state index in [9.17, 15) is 14.7 Å². The standard InChI is InChI=1S/C13H15ClN2O4/c14-9-1-3-10(4-2-9)15-12(19)16-13(11(17)18)5-7-20-8-6-13/h1-4H,5-8H2,(H,17,18)(H2,15,16,19). The van der Waals surface area contributed by atoms with Crippen molar-refractivity contribution in [1.82, 2.24) is 5.32 Å². The minimum atomic E-state index is -1.27. The Hall–Kier alpha value is -1.79. The monoisotopic (exact) mass is 298 g/mol. The van der Waals surface area contributed by atoms with Gasteiger partial charge in [-0.1, -0.05) is 11.6 Å². The van der Waals surface area contributed by atoms with Crippen molar-refractivity contribution in [3.63, 3.8) is 0 Å². The Labute approximate surface area is 121 Å². The lowest BCUT2D eigenvalue weighted by Crippen LogP contribution is -2.58. The van der Waals surface area contributed by atoms with E-state index >= 15 is 0 Å². The molecule has 0 bridgehead atoms. The molecule has 0 aromatic heterocycles. The minimum absolute atomic E-state index is 0.246. The van der Waals surface area contributed by atoms with Gasteiger partial charge in [0.05, 0.1) is 0 Å². The van der Waals surface area contributed by atoms with Crippen LogP contribution in [0.1, 0.15) is 12.8 Å². The molecule has 0 atom stereocenters. The van der Waals surface area contributed by atoms with Gasteiger partial charge in [-0.25, -0.2) is 9.59 Å². The van der Waals surface area contributed by atoms with E-state index in [1.54, 1.807) is 24.3 Å². The zero-order chi connectivity index (χ0) is 14.6. The number of urea groups is 1. The van der Waals surface area contributed by atoms with Crippen molar-refractivity contribution >= 4 is 29.3 Å². The Morgan fingerprint density at radius 1 is 1.20 bits per heavy atom. The molecule has 3 N–H and O–H groups in total. The first-order valence-electron chi connectivity index (χ1n) is 6.18. The molecule has 0 radical (unpaired) electrons. The van der Waals surface area contributed by atoms with Crippen molar-refractivity contribution < 1.29 is 19.4 Å². The number of halogens is 1. The Kier molecular flexibility index (Phi) is 4.46. The fourth-order valence-corrected chi connectivity index (χ4v) is 2.15. The van der Waals surface area contributed by atoms with Crippen LogP contribution < -0.4 is 10.6 Å². The Morgan fingerprint density at radius 3 is 2.35 bits per heavy atom. The van der Waals surface area contributed by atoms with Gasteiger partial charge in [0, 0.05) is 36.8 Å². The molecular weight excluding hydrogens is 284 g/mol. The SMILES string of the molecule is O=C(Nc1ccc(Cl)cc1)NC1(C(=O)O)CCOCC1. The van der Waals surface area contributed by atoms with E-state index in [4.69, 9.17) is 16.3 Å².